The second-order valence-corrected chi connectivity index (χ2v) is 5.85. The fourth-order valence-electron chi connectivity index (χ4n) is 3.16. The van der Waals surface area contributed by atoms with Crippen molar-refractivity contribution in [2.45, 2.75) is 51.5 Å². The highest BCUT2D eigenvalue weighted by Gasteiger charge is 2.27. The number of benzene rings is 1. The SMILES string of the molecule is CCCNC1CCC(c2cc3cc(C)ccc3o2)C1. The third-order valence-corrected chi connectivity index (χ3v) is 4.21. The highest BCUT2D eigenvalue weighted by molar-refractivity contribution is 5.78. The first kappa shape index (κ1) is 12.7. The predicted octanol–water partition coefficient (Wildman–Crippen LogP) is 4.38. The lowest BCUT2D eigenvalue weighted by Gasteiger charge is -2.11. The largest absolute Gasteiger partial charge is 0.461 e. The van der Waals surface area contributed by atoms with Crippen molar-refractivity contribution < 1.29 is 4.42 Å². The van der Waals surface area contributed by atoms with Gasteiger partial charge in [-0.1, -0.05) is 18.6 Å². The maximum Gasteiger partial charge on any atom is 0.134 e. The molecule has 0 radical (unpaired) electrons. The molecule has 2 heteroatoms. The van der Waals surface area contributed by atoms with Crippen molar-refractivity contribution >= 4 is 11.0 Å². The van der Waals surface area contributed by atoms with Crippen LogP contribution in [0.25, 0.3) is 11.0 Å². The Morgan fingerprint density at radius 3 is 3.00 bits per heavy atom. The van der Waals surface area contributed by atoms with E-state index in [1.54, 1.807) is 0 Å². The zero-order valence-corrected chi connectivity index (χ0v) is 11.9. The quantitative estimate of drug-likeness (QED) is 0.879. The fourth-order valence-corrected chi connectivity index (χ4v) is 3.16. The Morgan fingerprint density at radius 1 is 1.26 bits per heavy atom. The molecule has 1 aromatic heterocycles. The van der Waals surface area contributed by atoms with Gasteiger partial charge in [0.05, 0.1) is 0 Å². The van der Waals surface area contributed by atoms with Gasteiger partial charge in [0.15, 0.2) is 0 Å². The lowest BCUT2D eigenvalue weighted by Crippen LogP contribution is -2.26. The van der Waals surface area contributed by atoms with E-state index in [0.29, 0.717) is 12.0 Å². The van der Waals surface area contributed by atoms with Gasteiger partial charge in [0, 0.05) is 17.3 Å². The van der Waals surface area contributed by atoms with Gasteiger partial charge < -0.3 is 9.73 Å². The number of fused-ring (bicyclic) bond motifs is 1. The Morgan fingerprint density at radius 2 is 2.16 bits per heavy atom. The van der Waals surface area contributed by atoms with E-state index in [1.165, 1.54) is 42.4 Å². The molecule has 1 saturated carbocycles. The molecular weight excluding hydrogens is 234 g/mol. The summed E-state index contributed by atoms with van der Waals surface area (Å²) in [6.45, 7) is 5.49. The minimum Gasteiger partial charge on any atom is -0.461 e. The number of furan rings is 1. The zero-order valence-electron chi connectivity index (χ0n) is 11.9. The normalized spacial score (nSPS) is 23.3. The van der Waals surface area contributed by atoms with E-state index in [-0.39, 0.29) is 0 Å². The molecule has 2 atom stereocenters. The van der Waals surface area contributed by atoms with Crippen LogP contribution in [0.2, 0.25) is 0 Å². The Labute approximate surface area is 115 Å². The van der Waals surface area contributed by atoms with Crippen molar-refractivity contribution in [3.05, 3.63) is 35.6 Å². The van der Waals surface area contributed by atoms with Crippen LogP contribution in [0.4, 0.5) is 0 Å². The third-order valence-electron chi connectivity index (χ3n) is 4.21. The van der Waals surface area contributed by atoms with E-state index >= 15 is 0 Å². The van der Waals surface area contributed by atoms with Gasteiger partial charge in [-0.05, 0) is 57.4 Å². The maximum absolute atomic E-state index is 6.03. The summed E-state index contributed by atoms with van der Waals surface area (Å²) in [5, 5.41) is 4.88. The van der Waals surface area contributed by atoms with Crippen LogP contribution in [0.5, 0.6) is 0 Å². The molecule has 1 aliphatic rings. The van der Waals surface area contributed by atoms with Crippen molar-refractivity contribution in [1.82, 2.24) is 5.32 Å². The monoisotopic (exact) mass is 257 g/mol. The van der Waals surface area contributed by atoms with Crippen molar-refractivity contribution in [3.63, 3.8) is 0 Å². The Balaban J connectivity index is 1.74. The van der Waals surface area contributed by atoms with Crippen LogP contribution in [0.15, 0.2) is 28.7 Å². The van der Waals surface area contributed by atoms with Crippen molar-refractivity contribution in [1.29, 1.82) is 0 Å². The zero-order chi connectivity index (χ0) is 13.2. The van der Waals surface area contributed by atoms with Crippen LogP contribution >= 0.6 is 0 Å². The van der Waals surface area contributed by atoms with Crippen LogP contribution in [0.3, 0.4) is 0 Å². The van der Waals surface area contributed by atoms with Crippen LogP contribution in [-0.4, -0.2) is 12.6 Å². The average Bonchev–Trinajstić information content (AvgIpc) is 3.01. The Kier molecular flexibility index (Phi) is 3.61. The highest BCUT2D eigenvalue weighted by atomic mass is 16.3. The average molecular weight is 257 g/mol. The van der Waals surface area contributed by atoms with E-state index in [9.17, 15) is 0 Å². The molecule has 2 aromatic rings. The number of hydrogen-bond acceptors (Lipinski definition) is 2. The van der Waals surface area contributed by atoms with E-state index in [0.717, 1.165) is 12.1 Å². The van der Waals surface area contributed by atoms with Gasteiger partial charge in [0.2, 0.25) is 0 Å². The number of rotatable bonds is 4. The van der Waals surface area contributed by atoms with Crippen LogP contribution in [0.1, 0.15) is 49.8 Å². The highest BCUT2D eigenvalue weighted by Crippen LogP contribution is 2.37. The minimum atomic E-state index is 0.599. The van der Waals surface area contributed by atoms with E-state index in [1.807, 2.05) is 0 Å². The molecule has 3 rings (SSSR count). The van der Waals surface area contributed by atoms with Crippen LogP contribution < -0.4 is 5.32 Å². The lowest BCUT2D eigenvalue weighted by molar-refractivity contribution is 0.473. The summed E-state index contributed by atoms with van der Waals surface area (Å²) in [5.41, 5.74) is 2.33. The van der Waals surface area contributed by atoms with Crippen molar-refractivity contribution in [2.75, 3.05) is 6.54 Å². The molecule has 1 aliphatic carbocycles. The summed E-state index contributed by atoms with van der Waals surface area (Å²) in [7, 11) is 0. The molecule has 0 amide bonds. The Hall–Kier alpha value is -1.28. The molecule has 1 aromatic carbocycles. The van der Waals surface area contributed by atoms with Gasteiger partial charge in [0.1, 0.15) is 11.3 Å². The number of aryl methyl sites for hydroxylation is 1. The van der Waals surface area contributed by atoms with Crippen molar-refractivity contribution in [3.8, 4) is 0 Å². The van der Waals surface area contributed by atoms with E-state index in [2.05, 4.69) is 43.4 Å². The minimum absolute atomic E-state index is 0.599. The molecule has 0 aliphatic heterocycles. The smallest absolute Gasteiger partial charge is 0.134 e. The summed E-state index contributed by atoms with van der Waals surface area (Å²) < 4.78 is 6.03. The first-order valence-corrected chi connectivity index (χ1v) is 7.49. The number of nitrogens with one attached hydrogen (secondary N) is 1. The molecule has 0 bridgehead atoms. The van der Waals surface area contributed by atoms with Gasteiger partial charge in [-0.25, -0.2) is 0 Å². The van der Waals surface area contributed by atoms with Crippen molar-refractivity contribution in [2.24, 2.45) is 0 Å². The molecule has 2 nitrogen and oxygen atoms in total. The summed E-state index contributed by atoms with van der Waals surface area (Å²) in [6.07, 6.45) is 4.96. The van der Waals surface area contributed by atoms with Gasteiger partial charge in [0.25, 0.3) is 0 Å². The van der Waals surface area contributed by atoms with Gasteiger partial charge >= 0.3 is 0 Å². The third kappa shape index (κ3) is 2.69. The standard InChI is InChI=1S/C17H23NO/c1-3-8-18-15-6-5-13(10-15)17-11-14-9-12(2)4-7-16(14)19-17/h4,7,9,11,13,15,18H,3,5-6,8,10H2,1-2H3. The molecule has 19 heavy (non-hydrogen) atoms. The molecule has 0 spiro atoms. The predicted molar refractivity (Wildman–Crippen MR) is 79.6 cm³/mol. The number of hydrogen-bond donors (Lipinski definition) is 1. The first-order chi connectivity index (χ1) is 9.26. The van der Waals surface area contributed by atoms with Gasteiger partial charge in [-0.3, -0.25) is 0 Å². The molecule has 102 valence electrons. The van der Waals surface area contributed by atoms with E-state index in [4.69, 9.17) is 4.42 Å². The summed E-state index contributed by atoms with van der Waals surface area (Å²) >= 11 is 0. The first-order valence-electron chi connectivity index (χ1n) is 7.49. The molecule has 1 fully saturated rings. The molecule has 2 unspecified atom stereocenters. The topological polar surface area (TPSA) is 25.2 Å². The summed E-state index contributed by atoms with van der Waals surface area (Å²) in [6, 6.07) is 9.35. The molecule has 1 heterocycles. The van der Waals surface area contributed by atoms with Gasteiger partial charge in [-0.2, -0.15) is 0 Å². The second-order valence-electron chi connectivity index (χ2n) is 5.85. The molecular formula is C17H23NO. The molecule has 1 N–H and O–H groups in total. The van der Waals surface area contributed by atoms with E-state index < -0.39 is 0 Å². The lowest BCUT2D eigenvalue weighted by atomic mass is 10.0. The fraction of sp³-hybridized carbons (Fsp3) is 0.529. The van der Waals surface area contributed by atoms with Crippen LogP contribution in [0, 0.1) is 6.92 Å². The van der Waals surface area contributed by atoms with Crippen LogP contribution in [-0.2, 0) is 0 Å². The maximum atomic E-state index is 6.03. The molecule has 0 saturated heterocycles. The summed E-state index contributed by atoms with van der Waals surface area (Å²) in [5.74, 6) is 1.78. The Bertz CT molecular complexity index is 557. The van der Waals surface area contributed by atoms with Gasteiger partial charge in [-0.15, -0.1) is 0 Å². The summed E-state index contributed by atoms with van der Waals surface area (Å²) in [4.78, 5) is 0. The second kappa shape index (κ2) is 5.38.